The molecule has 0 spiro atoms. The van der Waals surface area contributed by atoms with E-state index in [-0.39, 0.29) is 10.8 Å². The molecule has 0 fully saturated rings. The van der Waals surface area contributed by atoms with Crippen molar-refractivity contribution in [1.29, 1.82) is 0 Å². The Bertz CT molecular complexity index is 465. The van der Waals surface area contributed by atoms with E-state index in [9.17, 15) is 14.4 Å². The number of thioether (sulfide) groups is 1. The topological polar surface area (TPSA) is 114 Å². The van der Waals surface area contributed by atoms with Crippen molar-refractivity contribution in [2.24, 2.45) is 20.7 Å². The summed E-state index contributed by atoms with van der Waals surface area (Å²) in [5.41, 5.74) is 4.87. The van der Waals surface area contributed by atoms with Crippen LogP contribution in [0, 0.1) is 0 Å². The summed E-state index contributed by atoms with van der Waals surface area (Å²) >= 11 is 0.818. The van der Waals surface area contributed by atoms with Crippen LogP contribution in [0.5, 0.6) is 0 Å². The number of amides is 3. The monoisotopic (exact) mass is 224 g/mol. The van der Waals surface area contributed by atoms with Crippen LogP contribution in [0.3, 0.4) is 0 Å². The van der Waals surface area contributed by atoms with Gasteiger partial charge in [-0.25, -0.2) is 9.98 Å². The van der Waals surface area contributed by atoms with Crippen LogP contribution in [0.2, 0.25) is 0 Å². The fraction of sp³-hybridized carbons (Fsp3) is 0.143. The van der Waals surface area contributed by atoms with Crippen molar-refractivity contribution in [3.05, 3.63) is 0 Å². The third-order valence-electron chi connectivity index (χ3n) is 1.69. The SMILES string of the molecule is NC(=O)C1SC2=NC=NC(=O)C2=NC1=O. The second-order valence-electron chi connectivity index (χ2n) is 2.68. The third-order valence-corrected chi connectivity index (χ3v) is 2.88. The molecular weight excluding hydrogens is 220 g/mol. The van der Waals surface area contributed by atoms with E-state index >= 15 is 0 Å². The summed E-state index contributed by atoms with van der Waals surface area (Å²) in [7, 11) is 0. The lowest BCUT2D eigenvalue weighted by Gasteiger charge is -2.17. The molecule has 8 heteroatoms. The maximum Gasteiger partial charge on any atom is 0.299 e. The maximum atomic E-state index is 11.3. The number of aliphatic imine (C=N–C) groups is 3. The zero-order valence-corrected chi connectivity index (χ0v) is 8.02. The van der Waals surface area contributed by atoms with Crippen LogP contribution in [0.1, 0.15) is 0 Å². The lowest BCUT2D eigenvalue weighted by Crippen LogP contribution is -2.40. The number of fused-ring (bicyclic) bond motifs is 1. The maximum absolute atomic E-state index is 11.3. The Morgan fingerprint density at radius 1 is 1.47 bits per heavy atom. The average Bonchev–Trinajstić information content (AvgIpc) is 2.18. The number of carbonyl (C=O) groups is 3. The molecule has 76 valence electrons. The largest absolute Gasteiger partial charge is 0.368 e. The highest BCUT2D eigenvalue weighted by Gasteiger charge is 2.36. The molecule has 3 amide bonds. The van der Waals surface area contributed by atoms with Gasteiger partial charge in [0.25, 0.3) is 11.8 Å². The summed E-state index contributed by atoms with van der Waals surface area (Å²) in [5, 5.41) is -0.898. The quantitative estimate of drug-likeness (QED) is 0.547. The summed E-state index contributed by atoms with van der Waals surface area (Å²) < 4.78 is 0. The first kappa shape index (κ1) is 9.71. The first-order chi connectivity index (χ1) is 7.09. The minimum atomic E-state index is -1.10. The number of nitrogens with zero attached hydrogens (tertiary/aromatic N) is 3. The zero-order chi connectivity index (χ0) is 11.0. The van der Waals surface area contributed by atoms with Gasteiger partial charge >= 0.3 is 0 Å². The van der Waals surface area contributed by atoms with E-state index in [1.54, 1.807) is 0 Å². The van der Waals surface area contributed by atoms with E-state index in [4.69, 9.17) is 5.73 Å². The fourth-order valence-corrected chi connectivity index (χ4v) is 1.89. The van der Waals surface area contributed by atoms with Gasteiger partial charge in [0.1, 0.15) is 11.4 Å². The van der Waals surface area contributed by atoms with Crippen molar-refractivity contribution < 1.29 is 14.4 Å². The normalized spacial score (nSPS) is 24.4. The van der Waals surface area contributed by atoms with Crippen LogP contribution in [-0.4, -0.2) is 40.1 Å². The number of hydrogen-bond acceptors (Lipinski definition) is 5. The van der Waals surface area contributed by atoms with Crippen LogP contribution in [0.25, 0.3) is 0 Å². The van der Waals surface area contributed by atoms with Crippen molar-refractivity contribution in [3.8, 4) is 0 Å². The molecule has 2 heterocycles. The second kappa shape index (κ2) is 3.39. The molecule has 0 aromatic rings. The van der Waals surface area contributed by atoms with E-state index in [0.717, 1.165) is 18.1 Å². The molecule has 0 aliphatic carbocycles. The Morgan fingerprint density at radius 2 is 2.20 bits per heavy atom. The summed E-state index contributed by atoms with van der Waals surface area (Å²) in [4.78, 5) is 43.8. The van der Waals surface area contributed by atoms with E-state index in [2.05, 4.69) is 15.0 Å². The van der Waals surface area contributed by atoms with E-state index in [1.165, 1.54) is 0 Å². The van der Waals surface area contributed by atoms with Gasteiger partial charge in [-0.3, -0.25) is 14.4 Å². The summed E-state index contributed by atoms with van der Waals surface area (Å²) in [6.45, 7) is 0. The van der Waals surface area contributed by atoms with Crippen molar-refractivity contribution in [1.82, 2.24) is 0 Å². The number of primary amides is 1. The van der Waals surface area contributed by atoms with Gasteiger partial charge in [0.2, 0.25) is 5.91 Å². The Hall–Kier alpha value is -1.83. The van der Waals surface area contributed by atoms with E-state index < -0.39 is 23.0 Å². The second-order valence-corrected chi connectivity index (χ2v) is 3.78. The van der Waals surface area contributed by atoms with Crippen molar-refractivity contribution in [2.45, 2.75) is 5.25 Å². The van der Waals surface area contributed by atoms with E-state index in [1.807, 2.05) is 0 Å². The first-order valence-electron chi connectivity index (χ1n) is 3.83. The molecule has 0 saturated heterocycles. The smallest absolute Gasteiger partial charge is 0.299 e. The molecule has 7 nitrogen and oxygen atoms in total. The van der Waals surface area contributed by atoms with Gasteiger partial charge in [-0.15, -0.1) is 0 Å². The van der Waals surface area contributed by atoms with Crippen LogP contribution in [0.4, 0.5) is 0 Å². The Balaban J connectivity index is 2.43. The van der Waals surface area contributed by atoms with Crippen molar-refractivity contribution >= 4 is 46.6 Å². The van der Waals surface area contributed by atoms with Crippen LogP contribution >= 0.6 is 11.8 Å². The summed E-state index contributed by atoms with van der Waals surface area (Å²) in [6, 6.07) is 0. The molecule has 0 radical (unpaired) electrons. The number of carbonyl (C=O) groups excluding carboxylic acids is 3. The van der Waals surface area contributed by atoms with Gasteiger partial charge in [-0.1, -0.05) is 11.8 Å². The Labute approximate surface area is 87.6 Å². The summed E-state index contributed by atoms with van der Waals surface area (Å²) in [5.74, 6) is -2.18. The molecule has 2 rings (SSSR count). The van der Waals surface area contributed by atoms with Crippen LogP contribution in [0.15, 0.2) is 15.0 Å². The number of hydrogen-bond donors (Lipinski definition) is 1. The lowest BCUT2D eigenvalue weighted by atomic mass is 10.3. The molecule has 2 aliphatic rings. The standard InChI is InChI=1S/C7H4N4O3S/c8-4(12)3-6(14)11-2-5(13)9-1-10-7(2)15-3/h1,3H,(H2,8,12). The van der Waals surface area contributed by atoms with Crippen LogP contribution < -0.4 is 5.73 Å². The lowest BCUT2D eigenvalue weighted by molar-refractivity contribution is -0.125. The van der Waals surface area contributed by atoms with Gasteiger partial charge < -0.3 is 5.73 Å². The Kier molecular flexibility index (Phi) is 2.19. The molecule has 0 aromatic carbocycles. The molecule has 2 aliphatic heterocycles. The predicted molar refractivity (Wildman–Crippen MR) is 53.9 cm³/mol. The molecule has 0 aromatic heterocycles. The van der Waals surface area contributed by atoms with Gasteiger partial charge in [-0.2, -0.15) is 4.99 Å². The molecule has 0 bridgehead atoms. The fourth-order valence-electron chi connectivity index (χ4n) is 1.04. The highest BCUT2D eigenvalue weighted by atomic mass is 32.2. The molecule has 2 N–H and O–H groups in total. The average molecular weight is 224 g/mol. The highest BCUT2D eigenvalue weighted by Crippen LogP contribution is 2.22. The van der Waals surface area contributed by atoms with Gasteiger partial charge in [-0.05, 0) is 0 Å². The number of rotatable bonds is 1. The van der Waals surface area contributed by atoms with Crippen LogP contribution in [-0.2, 0) is 14.4 Å². The molecule has 15 heavy (non-hydrogen) atoms. The van der Waals surface area contributed by atoms with Gasteiger partial charge in [0, 0.05) is 0 Å². The summed E-state index contributed by atoms with van der Waals surface area (Å²) in [6.07, 6.45) is 1.05. The molecule has 0 saturated carbocycles. The minimum Gasteiger partial charge on any atom is -0.368 e. The molecule has 1 unspecified atom stereocenters. The van der Waals surface area contributed by atoms with Crippen molar-refractivity contribution in [3.63, 3.8) is 0 Å². The van der Waals surface area contributed by atoms with Crippen molar-refractivity contribution in [2.75, 3.05) is 0 Å². The predicted octanol–water partition coefficient (Wildman–Crippen LogP) is -1.48. The first-order valence-corrected chi connectivity index (χ1v) is 4.71. The minimum absolute atomic E-state index is 0.120. The highest BCUT2D eigenvalue weighted by molar-refractivity contribution is 8.17. The molecular formula is C7H4N4O3S. The van der Waals surface area contributed by atoms with E-state index in [0.29, 0.717) is 0 Å². The third kappa shape index (κ3) is 1.59. The van der Waals surface area contributed by atoms with Gasteiger partial charge in [0.05, 0.1) is 0 Å². The molecule has 1 atom stereocenters. The van der Waals surface area contributed by atoms with Gasteiger partial charge in [0.15, 0.2) is 11.0 Å². The Morgan fingerprint density at radius 3 is 2.87 bits per heavy atom. The zero-order valence-electron chi connectivity index (χ0n) is 7.21. The number of nitrogens with two attached hydrogens (primary N) is 1.